The summed E-state index contributed by atoms with van der Waals surface area (Å²) in [6, 6.07) is 13.7. The summed E-state index contributed by atoms with van der Waals surface area (Å²) in [4.78, 5) is 20.0. The van der Waals surface area contributed by atoms with Crippen molar-refractivity contribution in [3.63, 3.8) is 0 Å². The molecule has 1 N–H and O–H groups in total. The number of rotatable bonds is 2. The van der Waals surface area contributed by atoms with E-state index in [1.165, 1.54) is 0 Å². The lowest BCUT2D eigenvalue weighted by Crippen LogP contribution is -2.11. The van der Waals surface area contributed by atoms with Gasteiger partial charge in [-0.25, -0.2) is 0 Å². The molecule has 0 saturated heterocycles. The van der Waals surface area contributed by atoms with Gasteiger partial charge in [0.25, 0.3) is 0 Å². The summed E-state index contributed by atoms with van der Waals surface area (Å²) in [7, 11) is 0. The molecule has 0 amide bonds. The van der Waals surface area contributed by atoms with Crippen LogP contribution in [0.15, 0.2) is 53.5 Å². The number of nitrogens with zero attached hydrogens (tertiary/aromatic N) is 1. The Hall–Kier alpha value is -2.39. The van der Waals surface area contributed by atoms with Gasteiger partial charge in [-0.1, -0.05) is 48.0 Å². The van der Waals surface area contributed by atoms with Gasteiger partial charge in [-0.3, -0.25) is 9.78 Å². The third-order valence-corrected chi connectivity index (χ3v) is 4.08. The summed E-state index contributed by atoms with van der Waals surface area (Å²) in [5.41, 5.74) is 4.56. The Balaban J connectivity index is 2.08. The van der Waals surface area contributed by atoms with Gasteiger partial charge in [-0.05, 0) is 19.9 Å². The Labute approximate surface area is 133 Å². The second-order valence-corrected chi connectivity index (χ2v) is 5.57. The fraction of sp³-hybridized carbons (Fsp3) is 0.111. The van der Waals surface area contributed by atoms with Gasteiger partial charge in [-0.15, -0.1) is 0 Å². The van der Waals surface area contributed by atoms with E-state index in [2.05, 4.69) is 9.97 Å². The largest absolute Gasteiger partial charge is 0.361 e. The van der Waals surface area contributed by atoms with E-state index in [1.54, 1.807) is 13.1 Å². The predicted molar refractivity (Wildman–Crippen MR) is 90.2 cm³/mol. The molecule has 2 heterocycles. The average Bonchev–Trinajstić information content (AvgIpc) is 2.54. The summed E-state index contributed by atoms with van der Waals surface area (Å²) in [6.07, 6.45) is 1.71. The summed E-state index contributed by atoms with van der Waals surface area (Å²) >= 11 is 6.07. The Morgan fingerprint density at radius 2 is 1.68 bits per heavy atom. The summed E-state index contributed by atoms with van der Waals surface area (Å²) in [5, 5.41) is 0.229. The number of benzene rings is 1. The molecule has 0 atom stereocenters. The molecule has 0 fully saturated rings. The lowest BCUT2D eigenvalue weighted by atomic mass is 10.0. The minimum atomic E-state index is -0.162. The van der Waals surface area contributed by atoms with Crippen molar-refractivity contribution >= 4 is 11.6 Å². The van der Waals surface area contributed by atoms with E-state index in [0.717, 1.165) is 22.5 Å². The van der Waals surface area contributed by atoms with Crippen molar-refractivity contribution in [2.24, 2.45) is 0 Å². The highest BCUT2D eigenvalue weighted by atomic mass is 35.5. The average molecular weight is 311 g/mol. The van der Waals surface area contributed by atoms with E-state index in [0.29, 0.717) is 11.3 Å². The van der Waals surface area contributed by atoms with Crippen molar-refractivity contribution in [1.82, 2.24) is 9.97 Å². The first-order chi connectivity index (χ1) is 10.6. The number of nitrogens with one attached hydrogen (secondary N) is 1. The number of hydrogen-bond acceptors (Lipinski definition) is 2. The minimum Gasteiger partial charge on any atom is -0.361 e. The Morgan fingerprint density at radius 1 is 0.955 bits per heavy atom. The number of hydrogen-bond donors (Lipinski definition) is 1. The van der Waals surface area contributed by atoms with Gasteiger partial charge in [-0.2, -0.15) is 0 Å². The molecule has 110 valence electrons. The fourth-order valence-corrected chi connectivity index (χ4v) is 2.66. The molecule has 22 heavy (non-hydrogen) atoms. The molecule has 0 aliphatic heterocycles. The van der Waals surface area contributed by atoms with Crippen LogP contribution in [0.2, 0.25) is 5.02 Å². The van der Waals surface area contributed by atoms with E-state index in [9.17, 15) is 4.79 Å². The molecule has 3 rings (SSSR count). The van der Waals surface area contributed by atoms with Gasteiger partial charge in [0.1, 0.15) is 5.02 Å². The molecule has 0 saturated carbocycles. The van der Waals surface area contributed by atoms with Gasteiger partial charge in [0.05, 0.1) is 11.3 Å². The fourth-order valence-electron chi connectivity index (χ4n) is 2.52. The maximum Gasteiger partial charge on any atom is 0.208 e. The van der Waals surface area contributed by atoms with Crippen LogP contribution in [0.3, 0.4) is 0 Å². The quantitative estimate of drug-likeness (QED) is 0.763. The van der Waals surface area contributed by atoms with Crippen LogP contribution in [0.25, 0.3) is 22.4 Å². The van der Waals surface area contributed by atoms with Crippen molar-refractivity contribution in [3.8, 4) is 22.4 Å². The van der Waals surface area contributed by atoms with Crippen LogP contribution >= 0.6 is 11.6 Å². The van der Waals surface area contributed by atoms with Crippen LogP contribution in [0.4, 0.5) is 0 Å². The lowest BCUT2D eigenvalue weighted by Gasteiger charge is -2.09. The normalized spacial score (nSPS) is 10.7. The first kappa shape index (κ1) is 14.5. The van der Waals surface area contributed by atoms with E-state index in [4.69, 9.17) is 11.6 Å². The third kappa shape index (κ3) is 2.55. The van der Waals surface area contributed by atoms with Crippen molar-refractivity contribution in [1.29, 1.82) is 0 Å². The number of H-pyrrole nitrogens is 1. The SMILES string of the molecule is Cc1[nH]c(C)c(-c2ccc(-c3ccccc3)nc2)c(=O)c1Cl. The Morgan fingerprint density at radius 3 is 2.32 bits per heavy atom. The van der Waals surface area contributed by atoms with Gasteiger partial charge in [0.15, 0.2) is 0 Å². The lowest BCUT2D eigenvalue weighted by molar-refractivity contribution is 1.11. The monoisotopic (exact) mass is 310 g/mol. The molecule has 2 aromatic heterocycles. The maximum atomic E-state index is 12.4. The highest BCUT2D eigenvalue weighted by Gasteiger charge is 2.13. The number of aromatic nitrogens is 2. The van der Waals surface area contributed by atoms with Crippen LogP contribution in [0, 0.1) is 13.8 Å². The topological polar surface area (TPSA) is 45.8 Å². The number of aromatic amines is 1. The number of halogens is 1. The molecule has 0 spiro atoms. The zero-order valence-electron chi connectivity index (χ0n) is 12.4. The standard InChI is InChI=1S/C18H15ClN2O/c1-11-16(18(22)17(19)12(2)21-11)14-8-9-15(20-10-14)13-6-4-3-5-7-13/h3-10H,1-2H3,(H,21,22). The van der Waals surface area contributed by atoms with Crippen molar-refractivity contribution in [3.05, 3.63) is 75.3 Å². The summed E-state index contributed by atoms with van der Waals surface area (Å²) < 4.78 is 0. The van der Waals surface area contributed by atoms with E-state index in [1.807, 2.05) is 49.4 Å². The van der Waals surface area contributed by atoms with E-state index in [-0.39, 0.29) is 10.5 Å². The molecule has 1 aromatic carbocycles. The molecular formula is C18H15ClN2O. The minimum absolute atomic E-state index is 0.162. The first-order valence-corrected chi connectivity index (χ1v) is 7.36. The molecule has 0 aliphatic rings. The van der Waals surface area contributed by atoms with Gasteiger partial charge in [0, 0.05) is 28.7 Å². The third-order valence-electron chi connectivity index (χ3n) is 3.63. The second kappa shape index (κ2) is 5.78. The predicted octanol–water partition coefficient (Wildman–Crippen LogP) is 4.37. The van der Waals surface area contributed by atoms with Crippen molar-refractivity contribution < 1.29 is 0 Å². The molecule has 0 aliphatic carbocycles. The number of aryl methyl sites for hydroxylation is 2. The van der Waals surface area contributed by atoms with Gasteiger partial charge < -0.3 is 4.98 Å². The zero-order chi connectivity index (χ0) is 15.7. The van der Waals surface area contributed by atoms with Gasteiger partial charge in [0.2, 0.25) is 5.43 Å². The van der Waals surface area contributed by atoms with Crippen molar-refractivity contribution in [2.75, 3.05) is 0 Å². The highest BCUT2D eigenvalue weighted by Crippen LogP contribution is 2.24. The molecule has 0 unspecified atom stereocenters. The molecule has 4 heteroatoms. The number of pyridine rings is 2. The first-order valence-electron chi connectivity index (χ1n) is 6.98. The highest BCUT2D eigenvalue weighted by molar-refractivity contribution is 6.31. The van der Waals surface area contributed by atoms with Crippen LogP contribution in [-0.2, 0) is 0 Å². The van der Waals surface area contributed by atoms with E-state index >= 15 is 0 Å². The van der Waals surface area contributed by atoms with Gasteiger partial charge >= 0.3 is 0 Å². The van der Waals surface area contributed by atoms with Crippen LogP contribution in [0.5, 0.6) is 0 Å². The van der Waals surface area contributed by atoms with Crippen LogP contribution in [-0.4, -0.2) is 9.97 Å². The molecule has 0 bridgehead atoms. The van der Waals surface area contributed by atoms with Crippen molar-refractivity contribution in [2.45, 2.75) is 13.8 Å². The van der Waals surface area contributed by atoms with Crippen LogP contribution < -0.4 is 5.43 Å². The Bertz CT molecular complexity index is 868. The molecule has 3 nitrogen and oxygen atoms in total. The Kier molecular flexibility index (Phi) is 3.82. The summed E-state index contributed by atoms with van der Waals surface area (Å²) in [5.74, 6) is 0. The van der Waals surface area contributed by atoms with Crippen LogP contribution in [0.1, 0.15) is 11.4 Å². The molecular weight excluding hydrogens is 296 g/mol. The second-order valence-electron chi connectivity index (χ2n) is 5.19. The summed E-state index contributed by atoms with van der Waals surface area (Å²) in [6.45, 7) is 3.66. The maximum absolute atomic E-state index is 12.4. The smallest absolute Gasteiger partial charge is 0.208 e. The van der Waals surface area contributed by atoms with E-state index < -0.39 is 0 Å². The molecule has 3 aromatic rings. The molecule has 0 radical (unpaired) electrons. The zero-order valence-corrected chi connectivity index (χ0v) is 13.1.